The van der Waals surface area contributed by atoms with Gasteiger partial charge in [0, 0.05) is 26.3 Å². The lowest BCUT2D eigenvalue weighted by atomic mass is 10.2. The number of carbonyl (C=O) groups is 1. The van der Waals surface area contributed by atoms with Gasteiger partial charge in [-0.3, -0.25) is 4.79 Å². The van der Waals surface area contributed by atoms with Crippen molar-refractivity contribution < 1.29 is 4.79 Å². The number of hydrogen-bond acceptors (Lipinski definition) is 3. The minimum atomic E-state index is -0.0531. The van der Waals surface area contributed by atoms with Gasteiger partial charge in [0.15, 0.2) is 0 Å². The largest absolute Gasteiger partial charge is 0.370 e. The second kappa shape index (κ2) is 8.00. The van der Waals surface area contributed by atoms with E-state index < -0.39 is 0 Å². The molecule has 1 amide bonds. The van der Waals surface area contributed by atoms with E-state index in [1.165, 1.54) is 6.20 Å². The monoisotopic (exact) mass is 283 g/mol. The lowest BCUT2D eigenvalue weighted by Gasteiger charge is -2.18. The van der Waals surface area contributed by atoms with Crippen molar-refractivity contribution in [3.63, 3.8) is 0 Å². The van der Waals surface area contributed by atoms with Crippen molar-refractivity contribution in [2.75, 3.05) is 25.5 Å². The number of hydrogen-bond donors (Lipinski definition) is 1. The Morgan fingerprint density at radius 2 is 2.16 bits per heavy atom. The van der Waals surface area contributed by atoms with Gasteiger partial charge < -0.3 is 10.2 Å². The SMILES string of the molecule is CCCCCN(C)C(=O)c1cc(NCC)ncc1Cl. The number of anilines is 1. The van der Waals surface area contributed by atoms with Crippen molar-refractivity contribution in [2.24, 2.45) is 0 Å². The zero-order valence-corrected chi connectivity index (χ0v) is 12.6. The third kappa shape index (κ3) is 4.71. The van der Waals surface area contributed by atoms with Crippen molar-refractivity contribution in [3.05, 3.63) is 22.8 Å². The van der Waals surface area contributed by atoms with Crippen molar-refractivity contribution in [1.82, 2.24) is 9.88 Å². The molecule has 5 heteroatoms. The van der Waals surface area contributed by atoms with E-state index in [2.05, 4.69) is 17.2 Å². The highest BCUT2D eigenvalue weighted by Crippen LogP contribution is 2.19. The second-order valence-electron chi connectivity index (χ2n) is 4.51. The number of aromatic nitrogens is 1. The van der Waals surface area contributed by atoms with Crippen LogP contribution in [0.3, 0.4) is 0 Å². The molecule has 1 aromatic rings. The molecule has 0 aliphatic rings. The number of halogens is 1. The van der Waals surface area contributed by atoms with E-state index in [1.54, 1.807) is 11.0 Å². The smallest absolute Gasteiger partial charge is 0.255 e. The first-order valence-electron chi connectivity index (χ1n) is 6.75. The molecule has 0 saturated carbocycles. The van der Waals surface area contributed by atoms with E-state index in [-0.39, 0.29) is 5.91 Å². The topological polar surface area (TPSA) is 45.2 Å². The van der Waals surface area contributed by atoms with E-state index in [4.69, 9.17) is 11.6 Å². The Balaban J connectivity index is 2.76. The molecule has 4 nitrogen and oxygen atoms in total. The summed E-state index contributed by atoms with van der Waals surface area (Å²) in [6.45, 7) is 5.63. The fourth-order valence-electron chi connectivity index (χ4n) is 1.79. The minimum Gasteiger partial charge on any atom is -0.370 e. The summed E-state index contributed by atoms with van der Waals surface area (Å²) in [5.41, 5.74) is 0.506. The molecular weight excluding hydrogens is 262 g/mol. The zero-order chi connectivity index (χ0) is 14.3. The quantitative estimate of drug-likeness (QED) is 0.780. The number of nitrogens with zero attached hydrogens (tertiary/aromatic N) is 2. The number of pyridine rings is 1. The van der Waals surface area contributed by atoms with Crippen LogP contribution in [-0.4, -0.2) is 35.9 Å². The molecular formula is C14H22ClN3O. The fourth-order valence-corrected chi connectivity index (χ4v) is 1.97. The number of amides is 1. The van der Waals surface area contributed by atoms with E-state index in [0.29, 0.717) is 16.4 Å². The van der Waals surface area contributed by atoms with Crippen LogP contribution in [-0.2, 0) is 0 Å². The maximum Gasteiger partial charge on any atom is 0.255 e. The number of nitrogens with one attached hydrogen (secondary N) is 1. The van der Waals surface area contributed by atoms with Crippen LogP contribution in [0, 0.1) is 0 Å². The van der Waals surface area contributed by atoms with Gasteiger partial charge in [0.25, 0.3) is 5.91 Å². The molecule has 0 saturated heterocycles. The van der Waals surface area contributed by atoms with Crippen LogP contribution in [0.4, 0.5) is 5.82 Å². The van der Waals surface area contributed by atoms with E-state index in [9.17, 15) is 4.79 Å². The maximum absolute atomic E-state index is 12.3. The maximum atomic E-state index is 12.3. The lowest BCUT2D eigenvalue weighted by Crippen LogP contribution is -2.28. The highest BCUT2D eigenvalue weighted by Gasteiger charge is 2.16. The van der Waals surface area contributed by atoms with Crippen LogP contribution in [0.25, 0.3) is 0 Å². The first kappa shape index (κ1) is 15.8. The number of carbonyl (C=O) groups excluding carboxylic acids is 1. The van der Waals surface area contributed by atoms with Gasteiger partial charge >= 0.3 is 0 Å². The summed E-state index contributed by atoms with van der Waals surface area (Å²) in [7, 11) is 1.81. The summed E-state index contributed by atoms with van der Waals surface area (Å²) < 4.78 is 0. The number of rotatable bonds is 7. The summed E-state index contributed by atoms with van der Waals surface area (Å²) in [5, 5.41) is 3.48. The molecule has 0 bridgehead atoms. The fraction of sp³-hybridized carbons (Fsp3) is 0.571. The van der Waals surface area contributed by atoms with Gasteiger partial charge in [-0.1, -0.05) is 31.4 Å². The van der Waals surface area contributed by atoms with Gasteiger partial charge in [0.05, 0.1) is 10.6 Å². The molecule has 106 valence electrons. The Kier molecular flexibility index (Phi) is 6.64. The Bertz CT molecular complexity index is 423. The summed E-state index contributed by atoms with van der Waals surface area (Å²) in [5.74, 6) is 0.625. The van der Waals surface area contributed by atoms with Crippen molar-refractivity contribution in [1.29, 1.82) is 0 Å². The molecule has 0 unspecified atom stereocenters. The number of unbranched alkanes of at least 4 members (excludes halogenated alkanes) is 2. The molecule has 1 rings (SSSR count). The van der Waals surface area contributed by atoms with Crippen molar-refractivity contribution in [2.45, 2.75) is 33.1 Å². The molecule has 0 aliphatic heterocycles. The van der Waals surface area contributed by atoms with Crippen molar-refractivity contribution in [3.8, 4) is 0 Å². The summed E-state index contributed by atoms with van der Waals surface area (Å²) >= 11 is 6.06. The molecule has 0 aliphatic carbocycles. The first-order chi connectivity index (χ1) is 9.10. The highest BCUT2D eigenvalue weighted by molar-refractivity contribution is 6.33. The van der Waals surface area contributed by atoms with E-state index in [0.717, 1.165) is 32.4 Å². The molecule has 0 fully saturated rings. The van der Waals surface area contributed by atoms with E-state index in [1.807, 2.05) is 14.0 Å². The minimum absolute atomic E-state index is 0.0531. The second-order valence-corrected chi connectivity index (χ2v) is 4.92. The predicted octanol–water partition coefficient (Wildman–Crippen LogP) is 3.43. The molecule has 0 radical (unpaired) electrons. The average molecular weight is 284 g/mol. The van der Waals surface area contributed by atoms with Gasteiger partial charge in [-0.2, -0.15) is 0 Å². The Labute approximate surface area is 120 Å². The normalized spacial score (nSPS) is 10.3. The van der Waals surface area contributed by atoms with Gasteiger partial charge in [0.2, 0.25) is 0 Å². The van der Waals surface area contributed by atoms with Crippen LogP contribution >= 0.6 is 11.6 Å². The third-order valence-electron chi connectivity index (χ3n) is 2.89. The molecule has 0 aromatic carbocycles. The molecule has 1 aromatic heterocycles. The van der Waals surface area contributed by atoms with Gasteiger partial charge in [-0.05, 0) is 19.4 Å². The van der Waals surface area contributed by atoms with Crippen LogP contribution < -0.4 is 5.32 Å². The first-order valence-corrected chi connectivity index (χ1v) is 7.12. The van der Waals surface area contributed by atoms with Crippen molar-refractivity contribution >= 4 is 23.3 Å². The molecule has 1 heterocycles. The van der Waals surface area contributed by atoms with E-state index >= 15 is 0 Å². The lowest BCUT2D eigenvalue weighted by molar-refractivity contribution is 0.0793. The van der Waals surface area contributed by atoms with Crippen LogP contribution in [0.5, 0.6) is 0 Å². The summed E-state index contributed by atoms with van der Waals surface area (Å²) in [6, 6.07) is 1.71. The molecule has 0 spiro atoms. The highest BCUT2D eigenvalue weighted by atomic mass is 35.5. The van der Waals surface area contributed by atoms with Crippen LogP contribution in [0.1, 0.15) is 43.5 Å². The predicted molar refractivity (Wildman–Crippen MR) is 79.9 cm³/mol. The summed E-state index contributed by atoms with van der Waals surface area (Å²) in [6.07, 6.45) is 4.81. The standard InChI is InChI=1S/C14H22ClN3O/c1-4-6-7-8-18(3)14(19)11-9-13(16-5-2)17-10-12(11)15/h9-10H,4-8H2,1-3H3,(H,16,17). The molecule has 1 N–H and O–H groups in total. The average Bonchev–Trinajstić information content (AvgIpc) is 2.40. The Hall–Kier alpha value is -1.29. The van der Waals surface area contributed by atoms with Gasteiger partial charge in [-0.15, -0.1) is 0 Å². The molecule has 0 atom stereocenters. The molecule has 19 heavy (non-hydrogen) atoms. The van der Waals surface area contributed by atoms with Gasteiger partial charge in [-0.25, -0.2) is 4.98 Å². The van der Waals surface area contributed by atoms with Crippen LogP contribution in [0.2, 0.25) is 5.02 Å². The zero-order valence-electron chi connectivity index (χ0n) is 11.9. The third-order valence-corrected chi connectivity index (χ3v) is 3.19. The Morgan fingerprint density at radius 3 is 2.79 bits per heavy atom. The Morgan fingerprint density at radius 1 is 1.42 bits per heavy atom. The van der Waals surface area contributed by atoms with Crippen LogP contribution in [0.15, 0.2) is 12.3 Å². The summed E-state index contributed by atoms with van der Waals surface area (Å²) in [4.78, 5) is 18.1. The van der Waals surface area contributed by atoms with Gasteiger partial charge in [0.1, 0.15) is 5.82 Å².